The van der Waals surface area contributed by atoms with Gasteiger partial charge in [-0.25, -0.2) is 0 Å². The molecule has 1 aliphatic rings. The summed E-state index contributed by atoms with van der Waals surface area (Å²) in [6.45, 7) is 3.62. The highest BCUT2D eigenvalue weighted by Gasteiger charge is 2.20. The number of carbonyl (C=O) groups excluding carboxylic acids is 1. The lowest BCUT2D eigenvalue weighted by atomic mass is 10.1. The lowest BCUT2D eigenvalue weighted by Crippen LogP contribution is -2.36. The second-order valence-electron chi connectivity index (χ2n) is 7.81. The molecular weight excluding hydrogens is 404 g/mol. The number of amides is 1. The summed E-state index contributed by atoms with van der Waals surface area (Å²) in [7, 11) is 3.41. The number of nitrogens with zero attached hydrogens (tertiary/aromatic N) is 1. The van der Waals surface area contributed by atoms with Crippen LogP contribution in [0.5, 0.6) is 11.5 Å². The Labute approximate surface area is 190 Å². The predicted octanol–water partition coefficient (Wildman–Crippen LogP) is 3.63. The standard InChI is InChI=1S/C25H34N4O3/c1-4-27-24(30)19-10-7-9-18(15-19)16-28-25(26-2)29-17-20-11-8-14-22(31-3)23(20)32-21-12-5-6-13-21/h7-11,14-15,21H,4-6,12-13,16-17H2,1-3H3,(H,27,30)(H2,26,28,29). The summed E-state index contributed by atoms with van der Waals surface area (Å²) in [5.74, 6) is 2.16. The number of aliphatic imine (C=N–C) groups is 1. The van der Waals surface area contributed by atoms with E-state index in [0.717, 1.165) is 35.5 Å². The maximum absolute atomic E-state index is 12.1. The Morgan fingerprint density at radius 3 is 2.53 bits per heavy atom. The van der Waals surface area contributed by atoms with Crippen LogP contribution >= 0.6 is 0 Å². The number of para-hydroxylation sites is 1. The summed E-state index contributed by atoms with van der Waals surface area (Å²) >= 11 is 0. The van der Waals surface area contributed by atoms with Crippen molar-refractivity contribution in [1.29, 1.82) is 0 Å². The first-order valence-corrected chi connectivity index (χ1v) is 11.3. The molecule has 1 amide bonds. The molecule has 2 aromatic carbocycles. The fourth-order valence-corrected chi connectivity index (χ4v) is 3.84. The molecule has 0 heterocycles. The van der Waals surface area contributed by atoms with Crippen molar-refractivity contribution in [3.8, 4) is 11.5 Å². The van der Waals surface area contributed by atoms with Gasteiger partial charge in [0.15, 0.2) is 17.5 Å². The van der Waals surface area contributed by atoms with Gasteiger partial charge >= 0.3 is 0 Å². The number of ether oxygens (including phenoxy) is 2. The Hall–Kier alpha value is -3.22. The van der Waals surface area contributed by atoms with Crippen LogP contribution in [0.1, 0.15) is 54.1 Å². The maximum Gasteiger partial charge on any atom is 0.251 e. The Morgan fingerprint density at radius 1 is 1.06 bits per heavy atom. The fourth-order valence-electron chi connectivity index (χ4n) is 3.84. The molecule has 1 aliphatic carbocycles. The molecule has 7 nitrogen and oxygen atoms in total. The number of hydrogen-bond donors (Lipinski definition) is 3. The summed E-state index contributed by atoms with van der Waals surface area (Å²) in [5.41, 5.74) is 2.68. The van der Waals surface area contributed by atoms with Gasteiger partial charge in [-0.15, -0.1) is 0 Å². The zero-order chi connectivity index (χ0) is 22.8. The first-order chi connectivity index (χ1) is 15.6. The van der Waals surface area contributed by atoms with Gasteiger partial charge in [0.1, 0.15) is 0 Å². The van der Waals surface area contributed by atoms with Gasteiger partial charge in [0.25, 0.3) is 5.91 Å². The van der Waals surface area contributed by atoms with E-state index >= 15 is 0 Å². The molecule has 0 bridgehead atoms. The Balaban J connectivity index is 1.61. The molecule has 32 heavy (non-hydrogen) atoms. The quantitative estimate of drug-likeness (QED) is 0.411. The normalized spacial score (nSPS) is 14.2. The number of methoxy groups -OCH3 is 1. The summed E-state index contributed by atoms with van der Waals surface area (Å²) in [6, 6.07) is 13.5. The topological polar surface area (TPSA) is 84.0 Å². The van der Waals surface area contributed by atoms with Crippen LogP contribution in [0.15, 0.2) is 47.5 Å². The second kappa shape index (κ2) is 12.0. The van der Waals surface area contributed by atoms with E-state index in [4.69, 9.17) is 9.47 Å². The summed E-state index contributed by atoms with van der Waals surface area (Å²) in [4.78, 5) is 16.4. The van der Waals surface area contributed by atoms with E-state index in [9.17, 15) is 4.79 Å². The van der Waals surface area contributed by atoms with Crippen molar-refractivity contribution in [3.63, 3.8) is 0 Å². The molecule has 0 aliphatic heterocycles. The van der Waals surface area contributed by atoms with E-state index in [-0.39, 0.29) is 12.0 Å². The molecule has 7 heteroatoms. The Kier molecular flexibility index (Phi) is 8.78. The number of carbonyl (C=O) groups is 1. The average molecular weight is 439 g/mol. The van der Waals surface area contributed by atoms with E-state index in [1.807, 2.05) is 49.4 Å². The third-order valence-corrected chi connectivity index (χ3v) is 5.52. The number of guanidine groups is 1. The Morgan fingerprint density at radius 2 is 1.81 bits per heavy atom. The molecule has 0 saturated heterocycles. The van der Waals surface area contributed by atoms with Crippen molar-refractivity contribution in [3.05, 3.63) is 59.2 Å². The van der Waals surface area contributed by atoms with E-state index in [1.54, 1.807) is 14.2 Å². The predicted molar refractivity (Wildman–Crippen MR) is 127 cm³/mol. The van der Waals surface area contributed by atoms with Gasteiger partial charge in [-0.3, -0.25) is 9.79 Å². The monoisotopic (exact) mass is 438 g/mol. The third-order valence-electron chi connectivity index (χ3n) is 5.52. The van der Waals surface area contributed by atoms with Gasteiger partial charge in [0.05, 0.1) is 13.2 Å². The van der Waals surface area contributed by atoms with Crippen molar-refractivity contribution in [2.75, 3.05) is 20.7 Å². The van der Waals surface area contributed by atoms with Gasteiger partial charge in [-0.05, 0) is 56.4 Å². The molecule has 0 radical (unpaired) electrons. The van der Waals surface area contributed by atoms with Crippen molar-refractivity contribution in [2.45, 2.75) is 51.8 Å². The van der Waals surface area contributed by atoms with Crippen LogP contribution in [0.3, 0.4) is 0 Å². The highest BCUT2D eigenvalue weighted by Crippen LogP contribution is 2.34. The molecule has 3 rings (SSSR count). The molecule has 1 fully saturated rings. The average Bonchev–Trinajstić information content (AvgIpc) is 3.33. The molecular formula is C25H34N4O3. The highest BCUT2D eigenvalue weighted by atomic mass is 16.5. The number of nitrogens with one attached hydrogen (secondary N) is 3. The van der Waals surface area contributed by atoms with Gasteiger partial charge in [-0.1, -0.05) is 24.3 Å². The van der Waals surface area contributed by atoms with Crippen molar-refractivity contribution in [1.82, 2.24) is 16.0 Å². The maximum atomic E-state index is 12.1. The van der Waals surface area contributed by atoms with Crippen LogP contribution in [-0.4, -0.2) is 38.7 Å². The number of rotatable bonds is 9. The second-order valence-corrected chi connectivity index (χ2v) is 7.81. The molecule has 3 N–H and O–H groups in total. The highest BCUT2D eigenvalue weighted by molar-refractivity contribution is 5.94. The largest absolute Gasteiger partial charge is 0.493 e. The lowest BCUT2D eigenvalue weighted by molar-refractivity contribution is 0.0955. The molecule has 172 valence electrons. The summed E-state index contributed by atoms with van der Waals surface area (Å²) < 4.78 is 11.9. The van der Waals surface area contributed by atoms with Crippen molar-refractivity contribution in [2.24, 2.45) is 4.99 Å². The third kappa shape index (κ3) is 6.39. The van der Waals surface area contributed by atoms with E-state index in [2.05, 4.69) is 20.9 Å². The van der Waals surface area contributed by atoms with Crippen LogP contribution in [0.4, 0.5) is 0 Å². The minimum Gasteiger partial charge on any atom is -0.493 e. The van der Waals surface area contributed by atoms with Gasteiger partial charge < -0.3 is 25.4 Å². The summed E-state index contributed by atoms with van der Waals surface area (Å²) in [6.07, 6.45) is 4.85. The van der Waals surface area contributed by atoms with Gasteiger partial charge in [0.2, 0.25) is 0 Å². The molecule has 0 atom stereocenters. The van der Waals surface area contributed by atoms with Crippen LogP contribution in [0.2, 0.25) is 0 Å². The van der Waals surface area contributed by atoms with Crippen LogP contribution in [0, 0.1) is 0 Å². The Bertz CT molecular complexity index is 923. The molecule has 1 saturated carbocycles. The minimum atomic E-state index is -0.0651. The minimum absolute atomic E-state index is 0.0651. The van der Waals surface area contributed by atoms with E-state index in [1.165, 1.54) is 12.8 Å². The SMILES string of the molecule is CCNC(=O)c1cccc(CNC(=NC)NCc2cccc(OC)c2OC2CCCC2)c1. The first kappa shape index (κ1) is 23.4. The smallest absolute Gasteiger partial charge is 0.251 e. The molecule has 0 aromatic heterocycles. The van der Waals surface area contributed by atoms with Gasteiger partial charge in [0, 0.05) is 37.8 Å². The first-order valence-electron chi connectivity index (χ1n) is 11.3. The van der Waals surface area contributed by atoms with Crippen molar-refractivity contribution < 1.29 is 14.3 Å². The van der Waals surface area contributed by atoms with Crippen LogP contribution in [-0.2, 0) is 13.1 Å². The van der Waals surface area contributed by atoms with Crippen molar-refractivity contribution >= 4 is 11.9 Å². The van der Waals surface area contributed by atoms with E-state index < -0.39 is 0 Å². The summed E-state index contributed by atoms with van der Waals surface area (Å²) in [5, 5.41) is 9.49. The lowest BCUT2D eigenvalue weighted by Gasteiger charge is -2.20. The molecule has 0 spiro atoms. The molecule has 2 aromatic rings. The van der Waals surface area contributed by atoms with Gasteiger partial charge in [-0.2, -0.15) is 0 Å². The zero-order valence-electron chi connectivity index (χ0n) is 19.2. The zero-order valence-corrected chi connectivity index (χ0v) is 19.2. The van der Waals surface area contributed by atoms with Crippen LogP contribution in [0.25, 0.3) is 0 Å². The van der Waals surface area contributed by atoms with E-state index in [0.29, 0.717) is 31.2 Å². The molecule has 0 unspecified atom stereocenters. The number of hydrogen-bond acceptors (Lipinski definition) is 4. The number of benzene rings is 2. The van der Waals surface area contributed by atoms with Crippen LogP contribution < -0.4 is 25.4 Å². The fraction of sp³-hybridized carbons (Fsp3) is 0.440.